The Labute approximate surface area is 307 Å². The van der Waals surface area contributed by atoms with Crippen molar-refractivity contribution in [2.45, 2.75) is 5.41 Å². The van der Waals surface area contributed by atoms with Gasteiger partial charge in [-0.2, -0.15) is 0 Å². The lowest BCUT2D eigenvalue weighted by molar-refractivity contribution is 0.359. The molecule has 0 amide bonds. The van der Waals surface area contributed by atoms with Crippen LogP contribution in [0.4, 0.5) is 17.1 Å². The third kappa shape index (κ3) is 4.42. The summed E-state index contributed by atoms with van der Waals surface area (Å²) in [4.78, 5) is 2.25. The zero-order valence-corrected chi connectivity index (χ0v) is 28.6. The summed E-state index contributed by atoms with van der Waals surface area (Å²) in [5.41, 5.74) is 11.9. The molecular formula is C49H31NO3. The first-order chi connectivity index (χ1) is 26.3. The maximum absolute atomic E-state index is 6.71. The molecule has 8 aromatic rings. The molecule has 4 nitrogen and oxygen atoms in total. The summed E-state index contributed by atoms with van der Waals surface area (Å²) in [6.45, 7) is 0. The van der Waals surface area contributed by atoms with Crippen molar-refractivity contribution in [3.05, 3.63) is 210 Å². The Kier molecular flexibility index (Phi) is 6.43. The maximum atomic E-state index is 6.71. The second-order valence-electron chi connectivity index (χ2n) is 13.7. The number of ether oxygens (including phenoxy) is 3. The molecule has 0 N–H and O–H groups in total. The molecule has 2 heterocycles. The van der Waals surface area contributed by atoms with Gasteiger partial charge in [0, 0.05) is 5.69 Å². The lowest BCUT2D eigenvalue weighted by Crippen LogP contribution is -2.28. The van der Waals surface area contributed by atoms with Crippen molar-refractivity contribution in [2.75, 3.05) is 4.90 Å². The van der Waals surface area contributed by atoms with Crippen molar-refractivity contribution in [1.82, 2.24) is 0 Å². The first kappa shape index (κ1) is 29.7. The van der Waals surface area contributed by atoms with Gasteiger partial charge in [0.25, 0.3) is 0 Å². The van der Waals surface area contributed by atoms with Crippen molar-refractivity contribution in [1.29, 1.82) is 0 Å². The Morgan fingerprint density at radius 2 is 0.868 bits per heavy atom. The molecule has 0 radical (unpaired) electrons. The average molecular weight is 682 g/mol. The Bertz CT molecular complexity index is 2620. The topological polar surface area (TPSA) is 30.9 Å². The molecule has 11 rings (SSSR count). The van der Waals surface area contributed by atoms with E-state index in [4.69, 9.17) is 14.2 Å². The third-order valence-electron chi connectivity index (χ3n) is 10.8. The van der Waals surface area contributed by atoms with Crippen molar-refractivity contribution in [3.63, 3.8) is 0 Å². The molecule has 0 saturated heterocycles. The van der Waals surface area contributed by atoms with E-state index in [0.29, 0.717) is 23.0 Å². The van der Waals surface area contributed by atoms with Crippen LogP contribution in [0.3, 0.4) is 0 Å². The Hall–Kier alpha value is -7.04. The van der Waals surface area contributed by atoms with Crippen molar-refractivity contribution in [2.24, 2.45) is 0 Å². The summed E-state index contributed by atoms with van der Waals surface area (Å²) in [5, 5.41) is 0. The van der Waals surface area contributed by atoms with E-state index in [1.54, 1.807) is 0 Å². The summed E-state index contributed by atoms with van der Waals surface area (Å²) in [5.74, 6) is 4.48. The second kappa shape index (κ2) is 11.5. The highest BCUT2D eigenvalue weighted by atomic mass is 16.6. The highest BCUT2D eigenvalue weighted by molar-refractivity contribution is 5.89. The van der Waals surface area contributed by atoms with Crippen molar-refractivity contribution >= 4 is 17.1 Å². The average Bonchev–Trinajstić information content (AvgIpc) is 3.51. The lowest BCUT2D eigenvalue weighted by Gasteiger charge is -2.34. The van der Waals surface area contributed by atoms with Gasteiger partial charge in [-0.3, -0.25) is 0 Å². The van der Waals surface area contributed by atoms with E-state index >= 15 is 0 Å². The van der Waals surface area contributed by atoms with E-state index in [9.17, 15) is 0 Å². The molecule has 0 bridgehead atoms. The monoisotopic (exact) mass is 681 g/mol. The van der Waals surface area contributed by atoms with Gasteiger partial charge in [0.2, 0.25) is 0 Å². The molecule has 4 heteroatoms. The summed E-state index contributed by atoms with van der Waals surface area (Å²) in [7, 11) is 0. The molecule has 1 aliphatic carbocycles. The molecule has 2 aliphatic heterocycles. The van der Waals surface area contributed by atoms with E-state index < -0.39 is 5.41 Å². The molecule has 0 aromatic heterocycles. The minimum absolute atomic E-state index is 0.505. The third-order valence-corrected chi connectivity index (χ3v) is 10.8. The van der Waals surface area contributed by atoms with E-state index in [0.717, 1.165) is 45.3 Å². The molecule has 8 aromatic carbocycles. The van der Waals surface area contributed by atoms with Crippen LogP contribution in [0.1, 0.15) is 22.3 Å². The van der Waals surface area contributed by atoms with Crippen molar-refractivity contribution < 1.29 is 14.2 Å². The van der Waals surface area contributed by atoms with Crippen molar-refractivity contribution in [3.8, 4) is 56.8 Å². The minimum atomic E-state index is -0.505. The normalized spacial score (nSPS) is 13.8. The van der Waals surface area contributed by atoms with Crippen LogP contribution in [0.2, 0.25) is 0 Å². The summed E-state index contributed by atoms with van der Waals surface area (Å²) >= 11 is 0. The summed E-state index contributed by atoms with van der Waals surface area (Å²) in [6, 6.07) is 65.8. The van der Waals surface area contributed by atoms with E-state index in [2.05, 4.69) is 150 Å². The fraction of sp³-hybridized carbons (Fsp3) is 0.0204. The van der Waals surface area contributed by atoms with Crippen LogP contribution in [0, 0.1) is 0 Å². The minimum Gasteiger partial charge on any atom is -0.453 e. The molecule has 53 heavy (non-hydrogen) atoms. The van der Waals surface area contributed by atoms with E-state index in [1.807, 2.05) is 42.5 Å². The molecule has 0 unspecified atom stereocenters. The molecule has 0 fully saturated rings. The highest BCUT2D eigenvalue weighted by Crippen LogP contribution is 2.60. The van der Waals surface area contributed by atoms with Crippen LogP contribution in [0.5, 0.6) is 34.5 Å². The number of benzene rings is 8. The number of para-hydroxylation sites is 4. The molecule has 0 spiro atoms. The van der Waals surface area contributed by atoms with Gasteiger partial charge in [-0.1, -0.05) is 127 Å². The van der Waals surface area contributed by atoms with Crippen LogP contribution in [-0.4, -0.2) is 0 Å². The van der Waals surface area contributed by atoms with Gasteiger partial charge in [-0.05, 0) is 105 Å². The molecular weight excluding hydrogens is 651 g/mol. The molecule has 0 saturated carbocycles. The van der Waals surface area contributed by atoms with Gasteiger partial charge >= 0.3 is 0 Å². The van der Waals surface area contributed by atoms with Gasteiger partial charge in [0.15, 0.2) is 34.5 Å². The predicted octanol–water partition coefficient (Wildman–Crippen LogP) is 13.2. The van der Waals surface area contributed by atoms with E-state index in [1.165, 1.54) is 27.8 Å². The Morgan fingerprint density at radius 1 is 0.340 bits per heavy atom. The van der Waals surface area contributed by atoms with Gasteiger partial charge in [-0.15, -0.1) is 0 Å². The summed E-state index contributed by atoms with van der Waals surface area (Å²) in [6.07, 6.45) is 0. The maximum Gasteiger partial charge on any atom is 0.170 e. The first-order valence-electron chi connectivity index (χ1n) is 17.9. The van der Waals surface area contributed by atoms with Crippen LogP contribution in [0.25, 0.3) is 22.3 Å². The van der Waals surface area contributed by atoms with Gasteiger partial charge in [-0.25, -0.2) is 0 Å². The SMILES string of the molecule is c1ccc(C2(c3ccccc3)c3ccccc3-c3cc4c(cc32)Oc2ccc(-c3ccc(N5c6ccccc6Oc6ccccc65)cc3)cc2O4)cc1. The predicted molar refractivity (Wildman–Crippen MR) is 211 cm³/mol. The highest BCUT2D eigenvalue weighted by Gasteiger charge is 2.47. The number of rotatable bonds is 4. The number of hydrogen-bond donors (Lipinski definition) is 0. The van der Waals surface area contributed by atoms with Crippen LogP contribution in [0.15, 0.2) is 188 Å². The van der Waals surface area contributed by atoms with Crippen LogP contribution in [-0.2, 0) is 5.41 Å². The molecule has 3 aliphatic rings. The largest absolute Gasteiger partial charge is 0.453 e. The van der Waals surface area contributed by atoms with Gasteiger partial charge < -0.3 is 19.1 Å². The van der Waals surface area contributed by atoms with Gasteiger partial charge in [0.1, 0.15) is 0 Å². The summed E-state index contributed by atoms with van der Waals surface area (Å²) < 4.78 is 19.6. The van der Waals surface area contributed by atoms with Gasteiger partial charge in [0.05, 0.1) is 16.8 Å². The molecule has 0 atom stereocenters. The quantitative estimate of drug-likeness (QED) is 0.185. The zero-order valence-electron chi connectivity index (χ0n) is 28.6. The zero-order chi connectivity index (χ0) is 34.9. The number of fused-ring (bicyclic) bond motifs is 7. The van der Waals surface area contributed by atoms with Crippen LogP contribution >= 0.6 is 0 Å². The fourth-order valence-corrected chi connectivity index (χ4v) is 8.48. The standard InChI is InChI=1S/C49H31NO3/c1-3-13-34(14-4-1)49(35-15-5-2-6-16-35)39-18-8-7-17-37(39)38-30-47-48(31-40(38)49)52-45-28-25-33(29-46(45)53-47)32-23-26-36(27-24-32)50-41-19-9-11-21-43(41)51-44-22-12-10-20-42(44)50/h1-31H. The number of hydrogen-bond acceptors (Lipinski definition) is 4. The number of nitrogens with zero attached hydrogens (tertiary/aromatic N) is 1. The fourth-order valence-electron chi connectivity index (χ4n) is 8.48. The smallest absolute Gasteiger partial charge is 0.170 e. The second-order valence-corrected chi connectivity index (χ2v) is 13.7. The molecule has 250 valence electrons. The first-order valence-corrected chi connectivity index (χ1v) is 17.9. The Balaban J connectivity index is 0.969. The lowest BCUT2D eigenvalue weighted by atomic mass is 9.67. The Morgan fingerprint density at radius 3 is 1.57 bits per heavy atom. The number of anilines is 3. The van der Waals surface area contributed by atoms with Crippen LogP contribution < -0.4 is 19.1 Å². The van der Waals surface area contributed by atoms with E-state index in [-0.39, 0.29) is 0 Å².